The summed E-state index contributed by atoms with van der Waals surface area (Å²) in [7, 11) is 0. The van der Waals surface area contributed by atoms with Crippen molar-refractivity contribution in [1.29, 1.82) is 0 Å². The van der Waals surface area contributed by atoms with Crippen LogP contribution in [0.4, 0.5) is 0 Å². The number of hydrogen-bond acceptors (Lipinski definition) is 5. The number of aliphatic hydroxyl groups is 1. The third kappa shape index (κ3) is 3.96. The van der Waals surface area contributed by atoms with Crippen LogP contribution >= 0.6 is 22.7 Å². The first-order valence-electron chi connectivity index (χ1n) is 7.53. The normalized spacial score (nSPS) is 12.4. The van der Waals surface area contributed by atoms with E-state index in [1.54, 1.807) is 16.8 Å². The molecule has 0 saturated heterocycles. The molecule has 1 aromatic carbocycles. The van der Waals surface area contributed by atoms with Gasteiger partial charge in [0.2, 0.25) is 0 Å². The van der Waals surface area contributed by atoms with E-state index in [1.807, 2.05) is 29.6 Å². The van der Waals surface area contributed by atoms with Crippen molar-refractivity contribution in [2.75, 3.05) is 13.2 Å². The molecule has 2 N–H and O–H groups in total. The highest BCUT2D eigenvalue weighted by Gasteiger charge is 2.13. The van der Waals surface area contributed by atoms with Gasteiger partial charge >= 0.3 is 0 Å². The second-order valence-corrected chi connectivity index (χ2v) is 7.17. The maximum atomic E-state index is 12.3. The molecular weight excluding hydrogens is 328 g/mol. The van der Waals surface area contributed by atoms with Gasteiger partial charge in [-0.05, 0) is 48.4 Å². The largest absolute Gasteiger partial charge is 0.396 e. The van der Waals surface area contributed by atoms with E-state index < -0.39 is 0 Å². The summed E-state index contributed by atoms with van der Waals surface area (Å²) in [5, 5.41) is 14.2. The van der Waals surface area contributed by atoms with Gasteiger partial charge in [-0.2, -0.15) is 0 Å². The van der Waals surface area contributed by atoms with E-state index in [4.69, 9.17) is 0 Å². The van der Waals surface area contributed by atoms with Crippen LogP contribution in [0, 0.1) is 0 Å². The highest BCUT2D eigenvalue weighted by Crippen LogP contribution is 2.27. The predicted molar refractivity (Wildman–Crippen MR) is 95.3 cm³/mol. The van der Waals surface area contributed by atoms with Crippen LogP contribution in [0.15, 0.2) is 41.2 Å². The molecule has 0 spiro atoms. The molecule has 0 fully saturated rings. The van der Waals surface area contributed by atoms with Crippen LogP contribution in [-0.4, -0.2) is 29.1 Å². The van der Waals surface area contributed by atoms with Gasteiger partial charge in [-0.15, -0.1) is 22.7 Å². The van der Waals surface area contributed by atoms with Crippen LogP contribution in [0.1, 0.15) is 34.0 Å². The third-order valence-corrected chi connectivity index (χ3v) is 5.62. The van der Waals surface area contributed by atoms with Gasteiger partial charge in [0.25, 0.3) is 5.91 Å². The molecule has 0 radical (unpaired) electrons. The molecule has 3 rings (SSSR count). The summed E-state index contributed by atoms with van der Waals surface area (Å²) in [5.74, 6) is 0.235. The lowest BCUT2D eigenvalue weighted by molar-refractivity contribution is 0.0952. The Morgan fingerprint density at radius 3 is 2.96 bits per heavy atom. The molecule has 0 aliphatic carbocycles. The van der Waals surface area contributed by atoms with Gasteiger partial charge in [0.15, 0.2) is 0 Å². The van der Waals surface area contributed by atoms with Gasteiger partial charge < -0.3 is 10.4 Å². The summed E-state index contributed by atoms with van der Waals surface area (Å²) in [6.07, 6.45) is 1.55. The van der Waals surface area contributed by atoms with Gasteiger partial charge in [0.05, 0.1) is 15.7 Å². The van der Waals surface area contributed by atoms with Crippen molar-refractivity contribution in [1.82, 2.24) is 10.3 Å². The number of aliphatic hydroxyl groups excluding tert-OH is 1. The van der Waals surface area contributed by atoms with E-state index in [1.165, 1.54) is 16.2 Å². The number of fused-ring (bicyclic) bond motifs is 1. The first-order chi connectivity index (χ1) is 11.3. The quantitative estimate of drug-likeness (QED) is 0.686. The number of carbonyl (C=O) groups excluding carboxylic acids is 1. The smallest absolute Gasteiger partial charge is 0.251 e. The number of rotatable bonds is 7. The number of thiazole rings is 1. The number of hydrogen-bond donors (Lipinski definition) is 2. The molecule has 0 aliphatic heterocycles. The molecule has 0 saturated carbocycles. The van der Waals surface area contributed by atoms with Crippen molar-refractivity contribution in [3.63, 3.8) is 0 Å². The van der Waals surface area contributed by atoms with Crippen molar-refractivity contribution in [2.24, 2.45) is 0 Å². The highest BCUT2D eigenvalue weighted by atomic mass is 32.1. The number of nitrogens with zero attached hydrogens (tertiary/aromatic N) is 1. The van der Waals surface area contributed by atoms with Crippen molar-refractivity contribution < 1.29 is 9.90 Å². The molecule has 23 heavy (non-hydrogen) atoms. The summed E-state index contributed by atoms with van der Waals surface area (Å²) in [5.41, 5.74) is 3.37. The average molecular weight is 346 g/mol. The molecule has 1 atom stereocenters. The Morgan fingerprint density at radius 1 is 1.26 bits per heavy atom. The van der Waals surface area contributed by atoms with Crippen molar-refractivity contribution in [2.45, 2.75) is 18.8 Å². The van der Waals surface area contributed by atoms with Gasteiger partial charge in [-0.25, -0.2) is 4.98 Å². The minimum Gasteiger partial charge on any atom is -0.396 e. The second-order valence-electron chi connectivity index (χ2n) is 5.30. The topological polar surface area (TPSA) is 62.2 Å². The molecule has 6 heteroatoms. The maximum absolute atomic E-state index is 12.3. The summed E-state index contributed by atoms with van der Waals surface area (Å²) in [6, 6.07) is 9.67. The van der Waals surface area contributed by atoms with Gasteiger partial charge in [-0.3, -0.25) is 4.79 Å². The Hall–Kier alpha value is -1.76. The molecule has 2 heterocycles. The van der Waals surface area contributed by atoms with Crippen LogP contribution in [0.2, 0.25) is 0 Å². The fourth-order valence-corrected chi connectivity index (χ4v) is 4.18. The Balaban J connectivity index is 1.57. The monoisotopic (exact) mass is 346 g/mol. The first-order valence-corrected chi connectivity index (χ1v) is 9.29. The van der Waals surface area contributed by atoms with Crippen LogP contribution in [0.5, 0.6) is 0 Å². The third-order valence-electron chi connectivity index (χ3n) is 3.79. The molecule has 0 bridgehead atoms. The molecule has 2 aromatic heterocycles. The predicted octanol–water partition coefficient (Wildman–Crippen LogP) is 3.64. The van der Waals surface area contributed by atoms with E-state index in [2.05, 4.69) is 16.4 Å². The average Bonchev–Trinajstić information content (AvgIpc) is 3.24. The van der Waals surface area contributed by atoms with Crippen LogP contribution in [0.3, 0.4) is 0 Å². The van der Waals surface area contributed by atoms with E-state index in [-0.39, 0.29) is 12.5 Å². The van der Waals surface area contributed by atoms with Crippen LogP contribution in [0.25, 0.3) is 10.2 Å². The lowest BCUT2D eigenvalue weighted by atomic mass is 10.00. The number of thiophene rings is 1. The number of aromatic nitrogens is 1. The summed E-state index contributed by atoms with van der Waals surface area (Å²) >= 11 is 3.23. The summed E-state index contributed by atoms with van der Waals surface area (Å²) < 4.78 is 1.02. The fourth-order valence-electron chi connectivity index (χ4n) is 2.57. The molecule has 3 aromatic rings. The lowest BCUT2D eigenvalue weighted by Gasteiger charge is -2.14. The molecular formula is C17H18N2O2S2. The first kappa shape index (κ1) is 16.1. The number of amides is 1. The zero-order valence-corrected chi connectivity index (χ0v) is 14.2. The lowest BCUT2D eigenvalue weighted by Crippen LogP contribution is -2.25. The maximum Gasteiger partial charge on any atom is 0.251 e. The van der Waals surface area contributed by atoms with Crippen LogP contribution < -0.4 is 5.32 Å². The number of benzene rings is 1. The van der Waals surface area contributed by atoms with Crippen molar-refractivity contribution >= 4 is 38.8 Å². The van der Waals surface area contributed by atoms with Gasteiger partial charge in [0, 0.05) is 23.6 Å². The molecule has 1 unspecified atom stereocenters. The minimum atomic E-state index is -0.0609. The zero-order valence-electron chi connectivity index (χ0n) is 12.6. The zero-order chi connectivity index (χ0) is 16.1. The van der Waals surface area contributed by atoms with E-state index >= 15 is 0 Å². The summed E-state index contributed by atoms with van der Waals surface area (Å²) in [4.78, 5) is 17.7. The highest BCUT2D eigenvalue weighted by molar-refractivity contribution is 7.16. The summed E-state index contributed by atoms with van der Waals surface area (Å²) in [6.45, 7) is 0.765. The van der Waals surface area contributed by atoms with E-state index in [0.717, 1.165) is 23.1 Å². The Bertz CT molecular complexity index is 768. The minimum absolute atomic E-state index is 0.0609. The Morgan fingerprint density at radius 2 is 2.17 bits per heavy atom. The molecule has 1 amide bonds. The fraction of sp³-hybridized carbons (Fsp3) is 0.294. The molecule has 4 nitrogen and oxygen atoms in total. The van der Waals surface area contributed by atoms with E-state index in [9.17, 15) is 9.90 Å². The second kappa shape index (κ2) is 7.68. The van der Waals surface area contributed by atoms with Gasteiger partial charge in [-0.1, -0.05) is 6.07 Å². The van der Waals surface area contributed by atoms with E-state index in [0.29, 0.717) is 18.0 Å². The Labute approximate surface area is 142 Å². The van der Waals surface area contributed by atoms with Gasteiger partial charge in [0.1, 0.15) is 0 Å². The standard InChI is InChI=1S/C17H18N2O2S2/c20-8-6-12(15-2-1-9-22-15)5-7-18-17(21)13-3-4-14-16(10-13)23-11-19-14/h1-4,9-12,20H,5-8H2,(H,18,21). The molecule has 120 valence electrons. The van der Waals surface area contributed by atoms with Crippen LogP contribution in [-0.2, 0) is 0 Å². The van der Waals surface area contributed by atoms with Crippen molar-refractivity contribution in [3.8, 4) is 0 Å². The molecule has 0 aliphatic rings. The number of nitrogens with one attached hydrogen (secondary N) is 1. The Kier molecular flexibility index (Phi) is 5.38. The van der Waals surface area contributed by atoms with Crippen molar-refractivity contribution in [3.05, 3.63) is 51.7 Å². The number of carbonyl (C=O) groups is 1. The SMILES string of the molecule is O=C(NCCC(CCO)c1cccs1)c1ccc2ncsc2c1.